The van der Waals surface area contributed by atoms with Gasteiger partial charge in [-0.15, -0.1) is 0 Å². The Morgan fingerprint density at radius 1 is 1.18 bits per heavy atom. The summed E-state index contributed by atoms with van der Waals surface area (Å²) in [6.45, 7) is 3.28. The summed E-state index contributed by atoms with van der Waals surface area (Å²) in [7, 11) is 0. The van der Waals surface area contributed by atoms with E-state index >= 15 is 0 Å². The smallest absolute Gasteiger partial charge is 0.164 e. The average molecular weight is 237 g/mol. The third kappa shape index (κ3) is 2.08. The van der Waals surface area contributed by atoms with Crippen LogP contribution in [0.4, 0.5) is 8.78 Å². The monoisotopic (exact) mass is 237 g/mol. The molecule has 4 heteroatoms. The van der Waals surface area contributed by atoms with Gasteiger partial charge in [0.15, 0.2) is 11.6 Å². The van der Waals surface area contributed by atoms with E-state index in [1.165, 1.54) is 25.3 Å². The molecule has 1 aromatic heterocycles. The Balaban J connectivity index is 2.44. The molecule has 0 fully saturated rings. The van der Waals surface area contributed by atoms with Gasteiger partial charge in [-0.1, -0.05) is 12.1 Å². The van der Waals surface area contributed by atoms with Gasteiger partial charge in [0, 0.05) is 11.1 Å². The first-order chi connectivity index (χ1) is 8.00. The molecule has 2 rings (SSSR count). The summed E-state index contributed by atoms with van der Waals surface area (Å²) in [5.74, 6) is -1.06. The molecule has 0 radical (unpaired) electrons. The van der Waals surface area contributed by atoms with E-state index in [9.17, 15) is 8.78 Å². The van der Waals surface area contributed by atoms with Gasteiger partial charge in [0.2, 0.25) is 0 Å². The second-order valence-corrected chi connectivity index (χ2v) is 4.07. The van der Waals surface area contributed by atoms with Crippen molar-refractivity contribution in [3.63, 3.8) is 0 Å². The summed E-state index contributed by atoms with van der Waals surface area (Å²) in [5.41, 5.74) is 6.91. The van der Waals surface area contributed by atoms with Gasteiger partial charge in [0.05, 0.1) is 12.3 Å². The van der Waals surface area contributed by atoms with E-state index in [1.807, 2.05) is 0 Å². The molecule has 1 aromatic carbocycles. The highest BCUT2D eigenvalue weighted by atomic mass is 19.2. The Morgan fingerprint density at radius 2 is 1.88 bits per heavy atom. The molecule has 17 heavy (non-hydrogen) atoms. The molecule has 0 aliphatic heterocycles. The molecule has 1 unspecified atom stereocenters. The Morgan fingerprint density at radius 3 is 2.47 bits per heavy atom. The van der Waals surface area contributed by atoms with Crippen molar-refractivity contribution in [2.45, 2.75) is 19.9 Å². The molecule has 2 nitrogen and oxygen atoms in total. The molecule has 0 aliphatic carbocycles. The maximum Gasteiger partial charge on any atom is 0.164 e. The highest BCUT2D eigenvalue weighted by Gasteiger charge is 2.19. The zero-order valence-electron chi connectivity index (χ0n) is 9.63. The van der Waals surface area contributed by atoms with Crippen molar-refractivity contribution in [2.75, 3.05) is 0 Å². The predicted molar refractivity (Wildman–Crippen MR) is 60.6 cm³/mol. The van der Waals surface area contributed by atoms with E-state index in [0.717, 1.165) is 0 Å². The fourth-order valence-corrected chi connectivity index (χ4v) is 1.71. The van der Waals surface area contributed by atoms with Gasteiger partial charge in [-0.25, -0.2) is 8.78 Å². The molecule has 0 saturated heterocycles. The van der Waals surface area contributed by atoms with Crippen molar-refractivity contribution in [1.82, 2.24) is 0 Å². The largest absolute Gasteiger partial charge is 0.469 e. The highest BCUT2D eigenvalue weighted by Crippen LogP contribution is 2.26. The van der Waals surface area contributed by atoms with Crippen molar-refractivity contribution in [2.24, 2.45) is 5.73 Å². The zero-order chi connectivity index (χ0) is 12.6. The van der Waals surface area contributed by atoms with Crippen LogP contribution in [0.2, 0.25) is 0 Å². The highest BCUT2D eigenvalue weighted by molar-refractivity contribution is 5.34. The van der Waals surface area contributed by atoms with Crippen LogP contribution in [0.1, 0.15) is 28.5 Å². The maximum atomic E-state index is 13.7. The fraction of sp³-hybridized carbons (Fsp3) is 0.231. The molecule has 1 heterocycles. The van der Waals surface area contributed by atoms with Crippen molar-refractivity contribution >= 4 is 0 Å². The second-order valence-electron chi connectivity index (χ2n) is 4.07. The predicted octanol–water partition coefficient (Wildman–Crippen LogP) is 3.22. The number of benzene rings is 1. The molecule has 0 aliphatic rings. The maximum absolute atomic E-state index is 13.7. The second kappa shape index (κ2) is 4.30. The van der Waals surface area contributed by atoms with Crippen molar-refractivity contribution in [1.29, 1.82) is 0 Å². The van der Waals surface area contributed by atoms with E-state index < -0.39 is 17.7 Å². The van der Waals surface area contributed by atoms with Gasteiger partial charge in [-0.3, -0.25) is 0 Å². The van der Waals surface area contributed by atoms with Crippen molar-refractivity contribution in [3.05, 3.63) is 58.5 Å². The number of halogens is 2. The molecule has 2 aromatic rings. The number of nitrogens with two attached hydrogens (primary N) is 1. The van der Waals surface area contributed by atoms with Gasteiger partial charge in [0.1, 0.15) is 5.76 Å². The van der Waals surface area contributed by atoms with Crippen LogP contribution in [-0.2, 0) is 0 Å². The minimum absolute atomic E-state index is 0.133. The van der Waals surface area contributed by atoms with Gasteiger partial charge in [-0.2, -0.15) is 0 Å². The molecule has 1 atom stereocenters. The molecule has 0 spiro atoms. The number of furan rings is 1. The van der Waals surface area contributed by atoms with Crippen LogP contribution in [0, 0.1) is 25.5 Å². The molecular weight excluding hydrogens is 224 g/mol. The molecule has 0 saturated carbocycles. The standard InChI is InChI=1S/C13H13F2NO/c1-7-3-4-10(12(15)11(7)14)13(16)9-5-8(2)17-6-9/h3-6,13H,16H2,1-2H3. The molecular formula is C13H13F2NO. The van der Waals surface area contributed by atoms with Crippen LogP contribution in [0.3, 0.4) is 0 Å². The summed E-state index contributed by atoms with van der Waals surface area (Å²) < 4.78 is 32.2. The van der Waals surface area contributed by atoms with Crippen molar-refractivity contribution in [3.8, 4) is 0 Å². The van der Waals surface area contributed by atoms with Crippen LogP contribution in [-0.4, -0.2) is 0 Å². The SMILES string of the molecule is Cc1cc(C(N)c2ccc(C)c(F)c2F)co1. The Hall–Kier alpha value is -1.68. The minimum atomic E-state index is -0.892. The van der Waals surface area contributed by atoms with E-state index in [2.05, 4.69) is 0 Å². The van der Waals surface area contributed by atoms with Crippen LogP contribution in [0.25, 0.3) is 0 Å². The van der Waals surface area contributed by atoms with E-state index in [4.69, 9.17) is 10.2 Å². The van der Waals surface area contributed by atoms with Gasteiger partial charge in [-0.05, 0) is 25.5 Å². The van der Waals surface area contributed by atoms with E-state index in [0.29, 0.717) is 11.3 Å². The third-order valence-corrected chi connectivity index (χ3v) is 2.75. The third-order valence-electron chi connectivity index (χ3n) is 2.75. The van der Waals surface area contributed by atoms with Crippen LogP contribution in [0.15, 0.2) is 28.9 Å². The Labute approximate surface area is 98.0 Å². The lowest BCUT2D eigenvalue weighted by Gasteiger charge is -2.12. The van der Waals surface area contributed by atoms with Gasteiger partial charge >= 0.3 is 0 Å². The fourth-order valence-electron chi connectivity index (χ4n) is 1.71. The van der Waals surface area contributed by atoms with E-state index in [1.54, 1.807) is 13.0 Å². The normalized spacial score (nSPS) is 12.8. The zero-order valence-corrected chi connectivity index (χ0v) is 9.63. The number of hydrogen-bond donors (Lipinski definition) is 1. The summed E-state index contributed by atoms with van der Waals surface area (Å²) in [6.07, 6.45) is 1.46. The van der Waals surface area contributed by atoms with Crippen LogP contribution >= 0.6 is 0 Å². The first kappa shape index (κ1) is 11.8. The number of hydrogen-bond acceptors (Lipinski definition) is 2. The quantitative estimate of drug-likeness (QED) is 0.871. The summed E-state index contributed by atoms with van der Waals surface area (Å²) in [6, 6.07) is 4.01. The number of aryl methyl sites for hydroxylation is 2. The summed E-state index contributed by atoms with van der Waals surface area (Å²) in [5, 5.41) is 0. The van der Waals surface area contributed by atoms with Gasteiger partial charge in [0.25, 0.3) is 0 Å². The lowest BCUT2D eigenvalue weighted by atomic mass is 10.00. The molecule has 90 valence electrons. The average Bonchev–Trinajstić information content (AvgIpc) is 2.72. The van der Waals surface area contributed by atoms with Crippen LogP contribution < -0.4 is 5.73 Å². The topological polar surface area (TPSA) is 39.2 Å². The van der Waals surface area contributed by atoms with Crippen LogP contribution in [0.5, 0.6) is 0 Å². The van der Waals surface area contributed by atoms with E-state index in [-0.39, 0.29) is 11.1 Å². The molecule has 2 N–H and O–H groups in total. The molecule has 0 amide bonds. The van der Waals surface area contributed by atoms with Crippen molar-refractivity contribution < 1.29 is 13.2 Å². The van der Waals surface area contributed by atoms with Gasteiger partial charge < -0.3 is 10.2 Å². The first-order valence-electron chi connectivity index (χ1n) is 5.26. The molecule has 0 bridgehead atoms. The Bertz CT molecular complexity index is 548. The Kier molecular flexibility index (Phi) is 2.98. The first-order valence-corrected chi connectivity index (χ1v) is 5.26. The lowest BCUT2D eigenvalue weighted by Crippen LogP contribution is -2.14. The minimum Gasteiger partial charge on any atom is -0.469 e. The summed E-state index contributed by atoms with van der Waals surface area (Å²) in [4.78, 5) is 0. The number of rotatable bonds is 2. The lowest BCUT2D eigenvalue weighted by molar-refractivity contribution is 0.488. The summed E-state index contributed by atoms with van der Waals surface area (Å²) >= 11 is 0.